The minimum Gasteiger partial charge on any atom is -0.478 e. The third-order valence-corrected chi connectivity index (χ3v) is 5.68. The van der Waals surface area contributed by atoms with E-state index in [0.29, 0.717) is 42.0 Å². The molecule has 2 aliphatic rings. The van der Waals surface area contributed by atoms with E-state index >= 15 is 0 Å². The lowest BCUT2D eigenvalue weighted by Crippen LogP contribution is -2.50. The highest BCUT2D eigenvalue weighted by Crippen LogP contribution is 2.41. The second-order valence-corrected chi connectivity index (χ2v) is 8.13. The lowest BCUT2D eigenvalue weighted by Gasteiger charge is -2.35. The smallest absolute Gasteiger partial charge is 0.349 e. The molecule has 10 heteroatoms. The molecule has 0 aliphatic carbocycles. The summed E-state index contributed by atoms with van der Waals surface area (Å²) in [6.45, 7) is 5.24. The number of fused-ring (bicyclic) bond motifs is 1. The maximum Gasteiger partial charge on any atom is 0.349 e. The highest BCUT2D eigenvalue weighted by Gasteiger charge is 2.40. The van der Waals surface area contributed by atoms with Gasteiger partial charge in [-0.2, -0.15) is 4.98 Å². The van der Waals surface area contributed by atoms with Crippen molar-refractivity contribution in [3.8, 4) is 5.75 Å². The first-order valence-electron chi connectivity index (χ1n) is 9.72. The van der Waals surface area contributed by atoms with Crippen molar-refractivity contribution in [2.75, 3.05) is 42.3 Å². The van der Waals surface area contributed by atoms with Crippen LogP contribution in [0.15, 0.2) is 18.2 Å². The van der Waals surface area contributed by atoms with Crippen molar-refractivity contribution < 1.29 is 19.4 Å². The Hall–Kier alpha value is -2.78. The van der Waals surface area contributed by atoms with Crippen molar-refractivity contribution in [3.63, 3.8) is 0 Å². The van der Waals surface area contributed by atoms with E-state index in [9.17, 15) is 9.90 Å². The number of rotatable bonds is 3. The number of carboxylic acid groups (broad SMARTS) is 1. The van der Waals surface area contributed by atoms with E-state index in [1.54, 1.807) is 12.1 Å². The van der Waals surface area contributed by atoms with Gasteiger partial charge in [0.25, 0.3) is 0 Å². The molecule has 3 heterocycles. The molecule has 0 bridgehead atoms. The predicted molar refractivity (Wildman–Crippen MR) is 113 cm³/mol. The minimum atomic E-state index is -1.37. The predicted octanol–water partition coefficient (Wildman–Crippen LogP) is 2.64. The van der Waals surface area contributed by atoms with Crippen LogP contribution in [0.1, 0.15) is 30.6 Å². The first-order valence-corrected chi connectivity index (χ1v) is 10.1. The monoisotopic (exact) mass is 433 g/mol. The third kappa shape index (κ3) is 3.82. The lowest BCUT2D eigenvalue weighted by molar-refractivity contribution is -0.152. The SMILES string of the molecule is Cc1cc(N2CCCOC[C@@H]2c2cc3c(cc2Cl)NC[C@@](C)(C(=O)O)O3)nc(N)n1. The zero-order valence-corrected chi connectivity index (χ0v) is 17.6. The van der Waals surface area contributed by atoms with Gasteiger partial charge in [0.1, 0.15) is 11.6 Å². The number of aliphatic carboxylic acids is 1. The van der Waals surface area contributed by atoms with Crippen LogP contribution < -0.4 is 20.7 Å². The van der Waals surface area contributed by atoms with Gasteiger partial charge in [0, 0.05) is 29.9 Å². The molecule has 0 radical (unpaired) electrons. The van der Waals surface area contributed by atoms with Crippen LogP contribution in [-0.4, -0.2) is 52.9 Å². The molecule has 0 saturated carbocycles. The summed E-state index contributed by atoms with van der Waals surface area (Å²) in [7, 11) is 0. The third-order valence-electron chi connectivity index (χ3n) is 5.35. The molecule has 1 aromatic heterocycles. The molecular formula is C20H24ClN5O4. The molecule has 2 aliphatic heterocycles. The number of aryl methyl sites for hydroxylation is 1. The molecule has 9 nitrogen and oxygen atoms in total. The van der Waals surface area contributed by atoms with Gasteiger partial charge in [0.05, 0.1) is 24.9 Å². The highest BCUT2D eigenvalue weighted by atomic mass is 35.5. The van der Waals surface area contributed by atoms with Crippen molar-refractivity contribution >= 4 is 35.0 Å². The van der Waals surface area contributed by atoms with E-state index in [1.165, 1.54) is 6.92 Å². The van der Waals surface area contributed by atoms with Gasteiger partial charge in [-0.15, -0.1) is 0 Å². The molecule has 1 saturated heterocycles. The fraction of sp³-hybridized carbons (Fsp3) is 0.450. The summed E-state index contributed by atoms with van der Waals surface area (Å²) in [5.74, 6) is 0.297. The standard InChI is InChI=1S/C20H24ClN5O4/c1-11-6-17(25-19(22)24-11)26-4-3-5-29-9-15(26)12-7-16-14(8-13(12)21)23-10-20(2,30-16)18(27)28/h6-8,15,23H,3-5,9-10H2,1-2H3,(H,27,28)(H2,22,24,25)/t15-,20+/m1/s1. The summed E-state index contributed by atoms with van der Waals surface area (Å²) >= 11 is 6.65. The molecule has 160 valence electrons. The van der Waals surface area contributed by atoms with Gasteiger partial charge < -0.3 is 30.5 Å². The fourth-order valence-electron chi connectivity index (χ4n) is 3.74. The number of benzene rings is 1. The molecule has 30 heavy (non-hydrogen) atoms. The average molecular weight is 434 g/mol. The normalized spacial score (nSPS) is 23.7. The van der Waals surface area contributed by atoms with E-state index in [-0.39, 0.29) is 18.5 Å². The van der Waals surface area contributed by atoms with Crippen LogP contribution in [0.25, 0.3) is 0 Å². The first-order chi connectivity index (χ1) is 14.3. The number of ether oxygens (including phenoxy) is 2. The van der Waals surface area contributed by atoms with Crippen LogP contribution in [0, 0.1) is 6.92 Å². The van der Waals surface area contributed by atoms with Crippen molar-refractivity contribution in [1.82, 2.24) is 9.97 Å². The molecule has 4 rings (SSSR count). The number of aromatic nitrogens is 2. The van der Waals surface area contributed by atoms with Crippen LogP contribution in [-0.2, 0) is 9.53 Å². The molecule has 0 amide bonds. The molecule has 2 atom stereocenters. The number of carboxylic acids is 1. The Morgan fingerprint density at radius 1 is 1.40 bits per heavy atom. The molecule has 2 aromatic rings. The summed E-state index contributed by atoms with van der Waals surface area (Å²) in [5, 5.41) is 13.2. The summed E-state index contributed by atoms with van der Waals surface area (Å²) < 4.78 is 11.7. The number of nitrogens with two attached hydrogens (primary N) is 1. The van der Waals surface area contributed by atoms with Gasteiger partial charge in [-0.05, 0) is 38.0 Å². The quantitative estimate of drug-likeness (QED) is 0.670. The van der Waals surface area contributed by atoms with Gasteiger partial charge in [-0.3, -0.25) is 0 Å². The van der Waals surface area contributed by atoms with Crippen molar-refractivity contribution in [2.24, 2.45) is 0 Å². The largest absolute Gasteiger partial charge is 0.478 e. The summed E-state index contributed by atoms with van der Waals surface area (Å²) in [5.41, 5.74) is 6.70. The van der Waals surface area contributed by atoms with Gasteiger partial charge in [-0.25, -0.2) is 9.78 Å². The molecule has 4 N–H and O–H groups in total. The fourth-order valence-corrected chi connectivity index (χ4v) is 4.03. The van der Waals surface area contributed by atoms with E-state index in [0.717, 1.165) is 17.7 Å². The number of halogens is 1. The second-order valence-electron chi connectivity index (χ2n) is 7.72. The van der Waals surface area contributed by atoms with Crippen LogP contribution in [0.5, 0.6) is 5.75 Å². The Morgan fingerprint density at radius 3 is 2.93 bits per heavy atom. The summed E-state index contributed by atoms with van der Waals surface area (Å²) in [4.78, 5) is 22.3. The topological polar surface area (TPSA) is 123 Å². The van der Waals surface area contributed by atoms with Crippen LogP contribution >= 0.6 is 11.6 Å². The number of nitrogens with one attached hydrogen (secondary N) is 1. The number of nitrogen functional groups attached to an aromatic ring is 1. The maximum absolute atomic E-state index is 11.6. The molecule has 0 spiro atoms. The van der Waals surface area contributed by atoms with Crippen LogP contribution in [0.3, 0.4) is 0 Å². The minimum absolute atomic E-state index is 0.142. The van der Waals surface area contributed by atoms with E-state index < -0.39 is 11.6 Å². The van der Waals surface area contributed by atoms with Gasteiger partial charge in [0.2, 0.25) is 11.5 Å². The Labute approximate surface area is 179 Å². The first kappa shape index (κ1) is 20.5. The van der Waals surface area contributed by atoms with E-state index in [2.05, 4.69) is 20.2 Å². The number of hydrogen-bond donors (Lipinski definition) is 3. The Balaban J connectivity index is 1.76. The Kier molecular flexibility index (Phi) is 5.33. The molecule has 0 unspecified atom stereocenters. The van der Waals surface area contributed by atoms with Gasteiger partial charge in [0.15, 0.2) is 0 Å². The lowest BCUT2D eigenvalue weighted by atomic mass is 10.0. The second kappa shape index (κ2) is 7.81. The van der Waals surface area contributed by atoms with Gasteiger partial charge in [-0.1, -0.05) is 11.6 Å². The number of carbonyl (C=O) groups is 1. The summed E-state index contributed by atoms with van der Waals surface area (Å²) in [6.07, 6.45) is 0.817. The molecular weight excluding hydrogens is 410 g/mol. The maximum atomic E-state index is 11.6. The summed E-state index contributed by atoms with van der Waals surface area (Å²) in [6, 6.07) is 5.17. The van der Waals surface area contributed by atoms with Crippen molar-refractivity contribution in [1.29, 1.82) is 0 Å². The van der Waals surface area contributed by atoms with E-state index in [1.807, 2.05) is 13.0 Å². The van der Waals surface area contributed by atoms with Crippen molar-refractivity contribution in [3.05, 3.63) is 34.5 Å². The zero-order chi connectivity index (χ0) is 21.5. The number of anilines is 3. The number of hydrogen-bond acceptors (Lipinski definition) is 8. The van der Waals surface area contributed by atoms with Gasteiger partial charge >= 0.3 is 5.97 Å². The van der Waals surface area contributed by atoms with Crippen LogP contribution in [0.4, 0.5) is 17.5 Å². The molecule has 1 aromatic carbocycles. The zero-order valence-electron chi connectivity index (χ0n) is 16.8. The van der Waals surface area contributed by atoms with E-state index in [4.69, 9.17) is 26.8 Å². The average Bonchev–Trinajstić information content (AvgIpc) is 2.93. The Bertz CT molecular complexity index is 968. The number of nitrogens with zero attached hydrogens (tertiary/aromatic N) is 3. The Morgan fingerprint density at radius 2 is 2.20 bits per heavy atom. The van der Waals surface area contributed by atoms with Crippen LogP contribution in [0.2, 0.25) is 5.02 Å². The molecule has 1 fully saturated rings. The highest BCUT2D eigenvalue weighted by molar-refractivity contribution is 6.31. The van der Waals surface area contributed by atoms with Crippen molar-refractivity contribution in [2.45, 2.75) is 31.9 Å².